The minimum atomic E-state index is -4.72. The number of ether oxygens (including phenoxy) is 1. The molecule has 0 rings (SSSR count). The highest BCUT2D eigenvalue weighted by Gasteiger charge is 2.27. The first-order valence-electron chi connectivity index (χ1n) is 34.0. The second-order valence-electron chi connectivity index (χ2n) is 24.1. The molecule has 0 aromatic rings. The van der Waals surface area contributed by atoms with Crippen LogP contribution in [0.1, 0.15) is 303 Å². The van der Waals surface area contributed by atoms with E-state index in [-0.39, 0.29) is 31.3 Å². The van der Waals surface area contributed by atoms with Gasteiger partial charge in [-0.3, -0.25) is 14.2 Å². The summed E-state index contributed by atoms with van der Waals surface area (Å²) in [5.41, 5.74) is 0. The molecule has 0 aliphatic heterocycles. The van der Waals surface area contributed by atoms with Crippen LogP contribution in [0.15, 0.2) is 85.1 Å². The van der Waals surface area contributed by atoms with Crippen molar-refractivity contribution in [2.45, 2.75) is 315 Å². The molecule has 0 heterocycles. The summed E-state index contributed by atoms with van der Waals surface area (Å²) in [6, 6.07) is -0.915. The maximum atomic E-state index is 13.5. The number of nitrogens with zero attached hydrogens (tertiary/aromatic N) is 1. The second kappa shape index (κ2) is 60.3. The molecule has 0 saturated heterocycles. The number of phosphoric ester groups is 1. The zero-order valence-corrected chi connectivity index (χ0v) is 54.6. The highest BCUT2D eigenvalue weighted by molar-refractivity contribution is 7.45. The number of likely N-dealkylation sites (N-methyl/N-ethyl adjacent to an activating group) is 1. The third-order valence-electron chi connectivity index (χ3n) is 15.0. The van der Waals surface area contributed by atoms with Crippen molar-refractivity contribution in [2.24, 2.45) is 0 Å². The normalized spacial score (nSPS) is 14.1. The Hall–Kier alpha value is -2.81. The van der Waals surface area contributed by atoms with Crippen molar-refractivity contribution >= 4 is 19.7 Å². The molecule has 9 nitrogen and oxygen atoms in total. The second-order valence-corrected chi connectivity index (χ2v) is 25.5. The molecule has 0 bridgehead atoms. The van der Waals surface area contributed by atoms with Gasteiger partial charge in [0.25, 0.3) is 7.82 Å². The number of amides is 1. The lowest BCUT2D eigenvalue weighted by Gasteiger charge is -2.30. The summed E-state index contributed by atoms with van der Waals surface area (Å²) in [4.78, 5) is 40.1. The monoisotopic (exact) mass is 1150 g/mol. The standard InChI is InChI=1S/C71H129N2O7P/c1-7-10-13-16-19-22-25-28-30-32-33-34-35-36-37-38-39-41-43-46-49-52-55-58-61-64-71(75)80-69(62-59-56-53-50-47-44-27-24-21-18-15-12-9-3)68(67-79-81(76,77)78-66-65-73(4,5)6)72-70(74)63-60-57-54-51-48-45-42-40-31-29-26-23-20-17-14-11-8-2/h11,14,17,20,23,26,29,31,40,42,45,48,59,62,68-69H,7-10,12-13,15-16,18-19,21-22,24-25,27-28,30,32-39,41,43-44,46-47,49-58,60-61,63-67H2,1-6H3,(H-,72,74,76,77)/b14-11-,20-17+,26-23+,31-29-,42-40+,48-45+,62-59-. The molecule has 0 fully saturated rings. The van der Waals surface area contributed by atoms with Gasteiger partial charge in [0.05, 0.1) is 33.8 Å². The summed E-state index contributed by atoms with van der Waals surface area (Å²) in [5, 5.41) is 3.01. The van der Waals surface area contributed by atoms with E-state index >= 15 is 0 Å². The number of esters is 1. The van der Waals surface area contributed by atoms with Gasteiger partial charge in [0.1, 0.15) is 19.3 Å². The number of unbranched alkanes of at least 4 members (excludes halogenated alkanes) is 38. The lowest BCUT2D eigenvalue weighted by atomic mass is 10.0. The van der Waals surface area contributed by atoms with Crippen LogP contribution in [0, 0.1) is 0 Å². The van der Waals surface area contributed by atoms with E-state index in [1.807, 2.05) is 94.1 Å². The topological polar surface area (TPSA) is 114 Å². The Morgan fingerprint density at radius 3 is 1.20 bits per heavy atom. The third-order valence-corrected chi connectivity index (χ3v) is 16.0. The number of nitrogens with one attached hydrogen (secondary N) is 1. The molecule has 1 amide bonds. The Morgan fingerprint density at radius 2 is 0.790 bits per heavy atom. The van der Waals surface area contributed by atoms with Gasteiger partial charge in [0.2, 0.25) is 5.91 Å². The Morgan fingerprint density at radius 1 is 0.444 bits per heavy atom. The van der Waals surface area contributed by atoms with E-state index in [9.17, 15) is 19.0 Å². The first-order chi connectivity index (χ1) is 39.4. The van der Waals surface area contributed by atoms with Gasteiger partial charge in [0.15, 0.2) is 0 Å². The van der Waals surface area contributed by atoms with Crippen LogP contribution in [0.25, 0.3) is 0 Å². The predicted octanol–water partition coefficient (Wildman–Crippen LogP) is 20.7. The summed E-state index contributed by atoms with van der Waals surface area (Å²) < 4.78 is 30.4. The van der Waals surface area contributed by atoms with Gasteiger partial charge in [-0.2, -0.15) is 0 Å². The van der Waals surface area contributed by atoms with E-state index in [1.165, 1.54) is 199 Å². The van der Waals surface area contributed by atoms with Crippen molar-refractivity contribution in [1.29, 1.82) is 0 Å². The van der Waals surface area contributed by atoms with Gasteiger partial charge in [-0.05, 0) is 51.0 Å². The van der Waals surface area contributed by atoms with Gasteiger partial charge in [-0.15, -0.1) is 0 Å². The molecule has 0 saturated carbocycles. The smallest absolute Gasteiger partial charge is 0.306 e. The van der Waals surface area contributed by atoms with Gasteiger partial charge in [0, 0.05) is 12.8 Å². The summed E-state index contributed by atoms with van der Waals surface area (Å²) in [6.45, 7) is 6.69. The van der Waals surface area contributed by atoms with Gasteiger partial charge in [-0.1, -0.05) is 324 Å². The van der Waals surface area contributed by atoms with Crippen LogP contribution < -0.4 is 10.2 Å². The van der Waals surface area contributed by atoms with Crippen molar-refractivity contribution in [2.75, 3.05) is 40.9 Å². The molecule has 0 aliphatic carbocycles. The predicted molar refractivity (Wildman–Crippen MR) is 348 cm³/mol. The number of phosphoric acid groups is 1. The lowest BCUT2D eigenvalue weighted by molar-refractivity contribution is -0.870. The molecular formula is C71H129N2O7P. The average molecular weight is 1150 g/mol. The largest absolute Gasteiger partial charge is 0.756 e. The molecule has 0 aliphatic rings. The van der Waals surface area contributed by atoms with E-state index in [1.54, 1.807) is 0 Å². The summed E-state index contributed by atoms with van der Waals surface area (Å²) in [7, 11) is 1.15. The minimum absolute atomic E-state index is 0.0338. The number of hydrogen-bond donors (Lipinski definition) is 1. The first kappa shape index (κ1) is 78.2. The third kappa shape index (κ3) is 61.6. The highest BCUT2D eigenvalue weighted by atomic mass is 31.2. The van der Waals surface area contributed by atoms with Gasteiger partial charge < -0.3 is 28.5 Å². The highest BCUT2D eigenvalue weighted by Crippen LogP contribution is 2.38. The number of rotatable bonds is 61. The molecule has 3 atom stereocenters. The maximum Gasteiger partial charge on any atom is 0.306 e. The Bertz CT molecular complexity index is 1660. The molecule has 0 radical (unpaired) electrons. The van der Waals surface area contributed by atoms with E-state index in [0.29, 0.717) is 17.4 Å². The van der Waals surface area contributed by atoms with Crippen LogP contribution >= 0.6 is 7.82 Å². The van der Waals surface area contributed by atoms with Crippen LogP contribution in [-0.4, -0.2) is 69.4 Å². The Labute approximate surface area is 501 Å². The van der Waals surface area contributed by atoms with Crippen molar-refractivity contribution in [1.82, 2.24) is 5.32 Å². The Kier molecular flexibility index (Phi) is 58.2. The molecule has 0 aromatic carbocycles. The van der Waals surface area contributed by atoms with Crippen LogP contribution in [-0.2, 0) is 27.9 Å². The number of hydrogen-bond acceptors (Lipinski definition) is 7. The number of carbonyl (C=O) groups excluding carboxylic acids is 2. The first-order valence-corrected chi connectivity index (χ1v) is 35.4. The van der Waals surface area contributed by atoms with Crippen LogP contribution in [0.3, 0.4) is 0 Å². The molecule has 0 aromatic heterocycles. The molecule has 10 heteroatoms. The molecule has 81 heavy (non-hydrogen) atoms. The maximum absolute atomic E-state index is 13.5. The molecule has 3 unspecified atom stereocenters. The van der Waals surface area contributed by atoms with Gasteiger partial charge >= 0.3 is 5.97 Å². The van der Waals surface area contributed by atoms with Crippen LogP contribution in [0.2, 0.25) is 0 Å². The number of allylic oxidation sites excluding steroid dienone is 13. The fraction of sp³-hybridized carbons (Fsp3) is 0.775. The van der Waals surface area contributed by atoms with E-state index in [2.05, 4.69) is 38.2 Å². The van der Waals surface area contributed by atoms with Crippen molar-refractivity contribution in [3.8, 4) is 0 Å². The fourth-order valence-electron chi connectivity index (χ4n) is 9.79. The van der Waals surface area contributed by atoms with Crippen molar-refractivity contribution < 1.29 is 37.3 Å². The fourth-order valence-corrected chi connectivity index (χ4v) is 10.5. The van der Waals surface area contributed by atoms with E-state index in [0.717, 1.165) is 64.2 Å². The molecular weight excluding hydrogens is 1020 g/mol. The number of quaternary nitrogens is 1. The van der Waals surface area contributed by atoms with Gasteiger partial charge in [-0.25, -0.2) is 0 Å². The summed E-state index contributed by atoms with van der Waals surface area (Å²) in [5.74, 6) is -0.584. The SMILES string of the molecule is CC\C=C/C=C/C=C/C=C\C=C\C=C\CCCCCC(=O)NC(COP(=O)([O-])OCC[N+](C)(C)C)C(/C=C\CCCCCCCCCCCCC)OC(=O)CCCCCCCCCCCCCCCCCCCCCCCCCCC. The van der Waals surface area contributed by atoms with Crippen LogP contribution in [0.5, 0.6) is 0 Å². The summed E-state index contributed by atoms with van der Waals surface area (Å²) in [6.07, 6.45) is 80.0. The lowest BCUT2D eigenvalue weighted by Crippen LogP contribution is -2.47. The zero-order valence-electron chi connectivity index (χ0n) is 53.7. The van der Waals surface area contributed by atoms with Crippen molar-refractivity contribution in [3.05, 3.63) is 85.1 Å². The van der Waals surface area contributed by atoms with Crippen LogP contribution in [0.4, 0.5) is 0 Å². The minimum Gasteiger partial charge on any atom is -0.756 e. The quantitative estimate of drug-likeness (QED) is 0.0161. The van der Waals surface area contributed by atoms with E-state index < -0.39 is 26.6 Å². The molecule has 1 N–H and O–H groups in total. The molecule has 0 spiro atoms. The van der Waals surface area contributed by atoms with E-state index in [4.69, 9.17) is 13.8 Å². The average Bonchev–Trinajstić information content (AvgIpc) is 3.44. The molecule has 470 valence electrons. The zero-order chi connectivity index (χ0) is 59.3. The number of carbonyl (C=O) groups is 2. The Balaban J connectivity index is 5.16. The summed E-state index contributed by atoms with van der Waals surface area (Å²) >= 11 is 0. The van der Waals surface area contributed by atoms with Crippen molar-refractivity contribution in [3.63, 3.8) is 0 Å².